The fourth-order valence-corrected chi connectivity index (χ4v) is 1.86. The van der Waals surface area contributed by atoms with E-state index in [1.54, 1.807) is 4.68 Å². The summed E-state index contributed by atoms with van der Waals surface area (Å²) < 4.78 is 1.77. The summed E-state index contributed by atoms with van der Waals surface area (Å²) in [5.74, 6) is 0.103. The molecule has 0 bridgehead atoms. The van der Waals surface area contributed by atoms with Gasteiger partial charge in [-0.1, -0.05) is 11.6 Å². The zero-order valence-corrected chi connectivity index (χ0v) is 10.7. The van der Waals surface area contributed by atoms with Crippen LogP contribution in [-0.2, 0) is 17.8 Å². The van der Waals surface area contributed by atoms with E-state index in [0.717, 1.165) is 11.4 Å². The van der Waals surface area contributed by atoms with E-state index in [9.17, 15) is 4.79 Å². The third kappa shape index (κ3) is 3.06. The molecule has 1 rings (SSSR count). The van der Waals surface area contributed by atoms with Crippen LogP contribution in [0.2, 0.25) is 5.02 Å². The van der Waals surface area contributed by atoms with E-state index in [4.69, 9.17) is 17.3 Å². The van der Waals surface area contributed by atoms with Gasteiger partial charge in [-0.3, -0.25) is 9.48 Å². The molecule has 1 aromatic rings. The van der Waals surface area contributed by atoms with Crippen LogP contribution in [0.25, 0.3) is 0 Å². The fraction of sp³-hybridized carbons (Fsp3) is 0.636. The summed E-state index contributed by atoms with van der Waals surface area (Å²) in [7, 11) is 0. The molecule has 0 aliphatic carbocycles. The van der Waals surface area contributed by atoms with E-state index in [-0.39, 0.29) is 11.8 Å². The Bertz CT molecular complexity index is 385. The van der Waals surface area contributed by atoms with Gasteiger partial charge in [-0.05, 0) is 20.8 Å². The van der Waals surface area contributed by atoms with Gasteiger partial charge in [-0.25, -0.2) is 0 Å². The monoisotopic (exact) mass is 243 g/mol. The molecule has 0 fully saturated rings. The molecule has 0 spiro atoms. The van der Waals surface area contributed by atoms with Crippen molar-refractivity contribution in [3.05, 3.63) is 16.4 Å². The van der Waals surface area contributed by atoms with Crippen LogP contribution in [0.4, 0.5) is 0 Å². The number of hydrogen-bond acceptors (Lipinski definition) is 3. The average Bonchev–Trinajstić information content (AvgIpc) is 2.44. The Kier molecular flexibility index (Phi) is 4.50. The summed E-state index contributed by atoms with van der Waals surface area (Å²) in [5, 5.41) is 4.86. The zero-order chi connectivity index (χ0) is 12.3. The number of carbonyl (C=O) groups excluding carboxylic acids is 1. The molecule has 1 aromatic heterocycles. The highest BCUT2D eigenvalue weighted by Crippen LogP contribution is 2.21. The van der Waals surface area contributed by atoms with Crippen LogP contribution in [0.5, 0.6) is 0 Å². The van der Waals surface area contributed by atoms with Crippen LogP contribution in [0.15, 0.2) is 0 Å². The number of Topliss-reactive ketones (excluding diaryl/α,β-unsaturated/α-hetero) is 1. The van der Waals surface area contributed by atoms with Crippen molar-refractivity contribution in [3.8, 4) is 0 Å². The highest BCUT2D eigenvalue weighted by molar-refractivity contribution is 6.32. The summed E-state index contributed by atoms with van der Waals surface area (Å²) in [6, 6.07) is -0.106. The van der Waals surface area contributed by atoms with Crippen molar-refractivity contribution in [2.75, 3.05) is 0 Å². The Morgan fingerprint density at radius 1 is 1.62 bits per heavy atom. The lowest BCUT2D eigenvalue weighted by atomic mass is 10.1. The maximum absolute atomic E-state index is 11.7. The molecule has 16 heavy (non-hydrogen) atoms. The zero-order valence-electron chi connectivity index (χ0n) is 9.96. The second-order valence-corrected chi connectivity index (χ2v) is 4.44. The van der Waals surface area contributed by atoms with Crippen LogP contribution in [-0.4, -0.2) is 21.6 Å². The SMILES string of the molecule is CCn1nc(C)c(Cl)c1CC(=O)CC(C)N. The van der Waals surface area contributed by atoms with Crippen molar-refractivity contribution < 1.29 is 4.79 Å². The predicted molar refractivity (Wildman–Crippen MR) is 64.6 cm³/mol. The summed E-state index contributed by atoms with van der Waals surface area (Å²) in [5.41, 5.74) is 7.15. The van der Waals surface area contributed by atoms with Gasteiger partial charge in [0.1, 0.15) is 5.78 Å². The Labute approximate surface area is 101 Å². The highest BCUT2D eigenvalue weighted by atomic mass is 35.5. The first-order valence-electron chi connectivity index (χ1n) is 5.44. The van der Waals surface area contributed by atoms with Gasteiger partial charge in [0.15, 0.2) is 0 Å². The molecular weight excluding hydrogens is 226 g/mol. The first-order valence-corrected chi connectivity index (χ1v) is 5.82. The Morgan fingerprint density at radius 2 is 2.25 bits per heavy atom. The third-order valence-electron chi connectivity index (χ3n) is 2.37. The predicted octanol–water partition coefficient (Wildman–Crippen LogP) is 1.71. The number of aromatic nitrogens is 2. The normalized spacial score (nSPS) is 12.8. The molecule has 1 atom stereocenters. The van der Waals surface area contributed by atoms with E-state index in [0.29, 0.717) is 24.4 Å². The van der Waals surface area contributed by atoms with Gasteiger partial charge in [0.05, 0.1) is 16.4 Å². The van der Waals surface area contributed by atoms with Crippen LogP contribution in [0.3, 0.4) is 0 Å². The van der Waals surface area contributed by atoms with Crippen LogP contribution in [0, 0.1) is 6.92 Å². The van der Waals surface area contributed by atoms with Crippen molar-refractivity contribution in [2.45, 2.75) is 46.2 Å². The minimum Gasteiger partial charge on any atom is -0.328 e. The van der Waals surface area contributed by atoms with Gasteiger partial charge in [-0.15, -0.1) is 0 Å². The molecule has 4 nitrogen and oxygen atoms in total. The first kappa shape index (κ1) is 13.2. The molecule has 5 heteroatoms. The number of hydrogen-bond donors (Lipinski definition) is 1. The van der Waals surface area contributed by atoms with Crippen molar-refractivity contribution >= 4 is 17.4 Å². The standard InChI is InChI=1S/C11H18ClN3O/c1-4-15-10(11(12)8(3)14-15)6-9(16)5-7(2)13/h7H,4-6,13H2,1-3H3. The third-order valence-corrected chi connectivity index (χ3v) is 2.86. The quantitative estimate of drug-likeness (QED) is 0.857. The molecule has 0 aliphatic rings. The van der Waals surface area contributed by atoms with Gasteiger partial charge in [-0.2, -0.15) is 5.10 Å². The van der Waals surface area contributed by atoms with E-state index in [2.05, 4.69) is 5.10 Å². The Morgan fingerprint density at radius 3 is 2.75 bits per heavy atom. The summed E-state index contributed by atoms with van der Waals surface area (Å²) >= 11 is 6.11. The maximum Gasteiger partial charge on any atom is 0.140 e. The Hall–Kier alpha value is -0.870. The van der Waals surface area contributed by atoms with Crippen LogP contribution in [0.1, 0.15) is 31.7 Å². The van der Waals surface area contributed by atoms with E-state index in [1.807, 2.05) is 20.8 Å². The molecule has 0 saturated heterocycles. The fourth-order valence-electron chi connectivity index (χ4n) is 1.66. The molecule has 0 amide bonds. The molecule has 90 valence electrons. The lowest BCUT2D eigenvalue weighted by Gasteiger charge is -2.06. The second-order valence-electron chi connectivity index (χ2n) is 4.06. The summed E-state index contributed by atoms with van der Waals surface area (Å²) in [4.78, 5) is 11.7. The molecule has 0 aromatic carbocycles. The van der Waals surface area contributed by atoms with Crippen molar-refractivity contribution in [2.24, 2.45) is 5.73 Å². The molecule has 2 N–H and O–H groups in total. The molecular formula is C11H18ClN3O. The minimum absolute atomic E-state index is 0.103. The molecule has 0 saturated carbocycles. The van der Waals surface area contributed by atoms with Crippen LogP contribution >= 0.6 is 11.6 Å². The van der Waals surface area contributed by atoms with Crippen molar-refractivity contribution in [3.63, 3.8) is 0 Å². The van der Waals surface area contributed by atoms with E-state index >= 15 is 0 Å². The highest BCUT2D eigenvalue weighted by Gasteiger charge is 2.16. The molecule has 1 unspecified atom stereocenters. The Balaban J connectivity index is 2.83. The number of halogens is 1. The number of rotatable bonds is 5. The number of nitrogens with two attached hydrogens (primary N) is 1. The van der Waals surface area contributed by atoms with Gasteiger partial charge in [0.2, 0.25) is 0 Å². The van der Waals surface area contributed by atoms with Gasteiger partial charge in [0, 0.05) is 25.4 Å². The van der Waals surface area contributed by atoms with Gasteiger partial charge in [0.25, 0.3) is 0 Å². The molecule has 1 heterocycles. The van der Waals surface area contributed by atoms with Gasteiger partial charge >= 0.3 is 0 Å². The number of ketones is 1. The van der Waals surface area contributed by atoms with Crippen LogP contribution < -0.4 is 5.73 Å². The maximum atomic E-state index is 11.7. The molecule has 0 radical (unpaired) electrons. The van der Waals surface area contributed by atoms with Crippen molar-refractivity contribution in [1.29, 1.82) is 0 Å². The summed E-state index contributed by atoms with van der Waals surface area (Å²) in [6.07, 6.45) is 0.694. The average molecular weight is 244 g/mol. The lowest BCUT2D eigenvalue weighted by molar-refractivity contribution is -0.118. The lowest BCUT2D eigenvalue weighted by Crippen LogP contribution is -2.21. The minimum atomic E-state index is -0.106. The number of nitrogens with zero attached hydrogens (tertiary/aromatic N) is 2. The van der Waals surface area contributed by atoms with E-state index in [1.165, 1.54) is 0 Å². The topological polar surface area (TPSA) is 60.9 Å². The van der Waals surface area contributed by atoms with E-state index < -0.39 is 0 Å². The van der Waals surface area contributed by atoms with Crippen molar-refractivity contribution in [1.82, 2.24) is 9.78 Å². The molecule has 0 aliphatic heterocycles. The largest absolute Gasteiger partial charge is 0.328 e. The number of carbonyl (C=O) groups is 1. The number of aryl methyl sites for hydroxylation is 2. The summed E-state index contributed by atoms with van der Waals surface area (Å²) in [6.45, 7) is 6.35. The van der Waals surface area contributed by atoms with Gasteiger partial charge < -0.3 is 5.73 Å². The second kappa shape index (κ2) is 5.46. The first-order chi connectivity index (χ1) is 7.45. The smallest absolute Gasteiger partial charge is 0.140 e.